The lowest BCUT2D eigenvalue weighted by atomic mass is 10.2. The molecule has 0 aliphatic carbocycles. The first-order valence-corrected chi connectivity index (χ1v) is 4.28. The molecule has 0 saturated heterocycles. The zero-order chi connectivity index (χ0) is 9.84. The summed E-state index contributed by atoms with van der Waals surface area (Å²) in [7, 11) is 1.48. The highest BCUT2D eigenvalue weighted by molar-refractivity contribution is 9.10. The Kier molecular flexibility index (Phi) is 3.13. The predicted octanol–water partition coefficient (Wildman–Crippen LogP) is 1.46. The first kappa shape index (κ1) is 9.85. The van der Waals surface area contributed by atoms with Crippen LogP contribution in [0.25, 0.3) is 0 Å². The van der Waals surface area contributed by atoms with Crippen molar-refractivity contribution in [1.29, 1.82) is 0 Å². The Morgan fingerprint density at radius 3 is 2.85 bits per heavy atom. The van der Waals surface area contributed by atoms with E-state index in [0.717, 1.165) is 4.47 Å². The molecule has 0 heterocycles. The van der Waals surface area contributed by atoms with Crippen LogP contribution < -0.4 is 10.6 Å². The number of nitrogens with zero attached hydrogens (tertiary/aromatic N) is 1. The van der Waals surface area contributed by atoms with Crippen LogP contribution in [-0.2, 0) is 0 Å². The van der Waals surface area contributed by atoms with Gasteiger partial charge in [0.2, 0.25) is 0 Å². The summed E-state index contributed by atoms with van der Waals surface area (Å²) in [6, 6.07) is 3.16. The number of rotatable bonds is 2. The monoisotopic (exact) mass is 244 g/mol. The van der Waals surface area contributed by atoms with Crippen LogP contribution in [0.3, 0.4) is 0 Å². The zero-order valence-electron chi connectivity index (χ0n) is 6.99. The zero-order valence-corrected chi connectivity index (χ0v) is 8.58. The number of methoxy groups -OCH3 is 1. The molecule has 0 aromatic heterocycles. The molecule has 0 unspecified atom stereocenters. The van der Waals surface area contributed by atoms with Crippen molar-refractivity contribution in [1.82, 2.24) is 0 Å². The van der Waals surface area contributed by atoms with E-state index in [1.807, 2.05) is 0 Å². The van der Waals surface area contributed by atoms with Gasteiger partial charge in [0, 0.05) is 10.0 Å². The van der Waals surface area contributed by atoms with Crippen molar-refractivity contribution in [2.75, 3.05) is 7.11 Å². The van der Waals surface area contributed by atoms with Gasteiger partial charge in [-0.05, 0) is 28.1 Å². The number of phenolic OH excluding ortho intramolecular Hbond substituents is 1. The lowest BCUT2D eigenvalue weighted by molar-refractivity contribution is 0.373. The maximum Gasteiger partial charge on any atom is 0.161 e. The van der Waals surface area contributed by atoms with Gasteiger partial charge in [-0.3, -0.25) is 0 Å². The van der Waals surface area contributed by atoms with Crippen molar-refractivity contribution in [2.24, 2.45) is 10.9 Å². The summed E-state index contributed by atoms with van der Waals surface area (Å²) in [4.78, 5) is 0. The first-order chi connectivity index (χ1) is 6.19. The van der Waals surface area contributed by atoms with Crippen LogP contribution in [0.5, 0.6) is 11.5 Å². The predicted molar refractivity (Wildman–Crippen MR) is 54.1 cm³/mol. The third kappa shape index (κ3) is 2.12. The molecule has 5 heteroatoms. The molecule has 0 aliphatic rings. The number of hydrogen-bond donors (Lipinski definition) is 2. The Morgan fingerprint density at radius 1 is 1.62 bits per heavy atom. The largest absolute Gasteiger partial charge is 0.504 e. The normalized spacial score (nSPS) is 10.6. The summed E-state index contributed by atoms with van der Waals surface area (Å²) in [6.07, 6.45) is 1.43. The molecule has 0 atom stereocenters. The molecule has 3 N–H and O–H groups in total. The average Bonchev–Trinajstić information content (AvgIpc) is 2.11. The summed E-state index contributed by atoms with van der Waals surface area (Å²) < 4.78 is 5.66. The molecule has 0 bridgehead atoms. The molecule has 1 aromatic carbocycles. The van der Waals surface area contributed by atoms with Gasteiger partial charge in [-0.2, -0.15) is 5.10 Å². The first-order valence-electron chi connectivity index (χ1n) is 3.48. The van der Waals surface area contributed by atoms with Gasteiger partial charge in [0.25, 0.3) is 0 Å². The highest BCUT2D eigenvalue weighted by Gasteiger charge is 2.05. The van der Waals surface area contributed by atoms with E-state index in [0.29, 0.717) is 11.3 Å². The van der Waals surface area contributed by atoms with Gasteiger partial charge in [0.1, 0.15) is 0 Å². The minimum absolute atomic E-state index is 0.0561. The van der Waals surface area contributed by atoms with Crippen LogP contribution in [0.15, 0.2) is 21.7 Å². The Bertz CT molecular complexity index is 339. The molecule has 4 nitrogen and oxygen atoms in total. The van der Waals surface area contributed by atoms with Crippen LogP contribution in [0.4, 0.5) is 0 Å². The molecule has 0 saturated carbocycles. The van der Waals surface area contributed by atoms with Crippen LogP contribution in [0, 0.1) is 0 Å². The Labute approximate surface area is 84.1 Å². The Balaban J connectivity index is 3.20. The molecule has 0 amide bonds. The van der Waals surface area contributed by atoms with E-state index >= 15 is 0 Å². The van der Waals surface area contributed by atoms with Gasteiger partial charge in [-0.25, -0.2) is 0 Å². The van der Waals surface area contributed by atoms with E-state index in [2.05, 4.69) is 21.0 Å². The lowest BCUT2D eigenvalue weighted by Gasteiger charge is -2.05. The smallest absolute Gasteiger partial charge is 0.161 e. The van der Waals surface area contributed by atoms with Gasteiger partial charge in [0.15, 0.2) is 11.5 Å². The van der Waals surface area contributed by atoms with Crippen LogP contribution >= 0.6 is 15.9 Å². The fourth-order valence-electron chi connectivity index (χ4n) is 0.902. The number of hydrazone groups is 1. The highest BCUT2D eigenvalue weighted by Crippen LogP contribution is 2.31. The number of benzene rings is 1. The minimum Gasteiger partial charge on any atom is -0.504 e. The number of aromatic hydroxyl groups is 1. The number of nitrogens with two attached hydrogens (primary N) is 1. The topological polar surface area (TPSA) is 67.8 Å². The highest BCUT2D eigenvalue weighted by atomic mass is 79.9. The fraction of sp³-hybridized carbons (Fsp3) is 0.125. The second-order valence-electron chi connectivity index (χ2n) is 2.32. The van der Waals surface area contributed by atoms with Crippen molar-refractivity contribution in [2.45, 2.75) is 0 Å². The summed E-state index contributed by atoms with van der Waals surface area (Å²) in [6.45, 7) is 0. The molecule has 1 rings (SSSR count). The van der Waals surface area contributed by atoms with Gasteiger partial charge in [-0.15, -0.1) is 0 Å². The molecule has 0 spiro atoms. The lowest BCUT2D eigenvalue weighted by Crippen LogP contribution is -1.90. The van der Waals surface area contributed by atoms with Gasteiger partial charge < -0.3 is 15.7 Å². The number of ether oxygens (including phenoxy) is 1. The number of hydrogen-bond acceptors (Lipinski definition) is 4. The van der Waals surface area contributed by atoms with Gasteiger partial charge in [-0.1, -0.05) is 0 Å². The molecule has 13 heavy (non-hydrogen) atoms. The second kappa shape index (κ2) is 4.13. The van der Waals surface area contributed by atoms with Crippen LogP contribution in [0.2, 0.25) is 0 Å². The Morgan fingerprint density at radius 2 is 2.31 bits per heavy atom. The maximum absolute atomic E-state index is 9.39. The average molecular weight is 245 g/mol. The van der Waals surface area contributed by atoms with Crippen LogP contribution in [0.1, 0.15) is 5.56 Å². The quantitative estimate of drug-likeness (QED) is 0.470. The van der Waals surface area contributed by atoms with Crippen molar-refractivity contribution in [3.05, 3.63) is 22.2 Å². The van der Waals surface area contributed by atoms with Gasteiger partial charge >= 0.3 is 0 Å². The minimum atomic E-state index is 0.0561. The molecule has 0 radical (unpaired) electrons. The van der Waals surface area contributed by atoms with Crippen molar-refractivity contribution in [3.8, 4) is 11.5 Å². The summed E-state index contributed by atoms with van der Waals surface area (Å²) >= 11 is 3.29. The van der Waals surface area contributed by atoms with E-state index in [1.54, 1.807) is 6.07 Å². The van der Waals surface area contributed by atoms with E-state index in [1.165, 1.54) is 19.4 Å². The van der Waals surface area contributed by atoms with Gasteiger partial charge in [0.05, 0.1) is 13.3 Å². The molecule has 1 aromatic rings. The second-order valence-corrected chi connectivity index (χ2v) is 3.18. The third-order valence-corrected chi connectivity index (χ3v) is 2.20. The van der Waals surface area contributed by atoms with Crippen molar-refractivity contribution >= 4 is 22.1 Å². The maximum atomic E-state index is 9.39. The molecule has 70 valence electrons. The summed E-state index contributed by atoms with van der Waals surface area (Å²) in [5, 5.41) is 12.8. The van der Waals surface area contributed by atoms with E-state index < -0.39 is 0 Å². The van der Waals surface area contributed by atoms with Crippen molar-refractivity contribution in [3.63, 3.8) is 0 Å². The SMILES string of the molecule is COc1cc(Br)c(C=NN)cc1O. The van der Waals surface area contributed by atoms with E-state index in [9.17, 15) is 5.11 Å². The number of phenols is 1. The van der Waals surface area contributed by atoms with Crippen LogP contribution in [-0.4, -0.2) is 18.4 Å². The molecule has 0 fully saturated rings. The summed E-state index contributed by atoms with van der Waals surface area (Å²) in [5.41, 5.74) is 0.695. The summed E-state index contributed by atoms with van der Waals surface area (Å²) in [5.74, 6) is 5.45. The fourth-order valence-corrected chi connectivity index (χ4v) is 1.33. The van der Waals surface area contributed by atoms with Crippen molar-refractivity contribution < 1.29 is 9.84 Å². The molecule has 0 aliphatic heterocycles. The van der Waals surface area contributed by atoms with E-state index in [4.69, 9.17) is 10.6 Å². The molecular weight excluding hydrogens is 236 g/mol. The number of halogens is 1. The molecular formula is C8H9BrN2O2. The third-order valence-electron chi connectivity index (χ3n) is 1.51. The standard InChI is InChI=1S/C8H9BrN2O2/c1-13-8-3-6(9)5(4-11-10)2-7(8)12/h2-4,12H,10H2,1H3. The van der Waals surface area contributed by atoms with E-state index in [-0.39, 0.29) is 5.75 Å². The Hall–Kier alpha value is -1.23.